The molecule has 0 aliphatic carbocycles. The molecule has 25 heavy (non-hydrogen) atoms. The van der Waals surface area contributed by atoms with Gasteiger partial charge in [0.25, 0.3) is 5.56 Å². The number of fused-ring (bicyclic) bond motifs is 1. The lowest BCUT2D eigenvalue weighted by Crippen LogP contribution is -2.43. The number of ether oxygens (including phenoxy) is 1. The second-order valence-electron chi connectivity index (χ2n) is 6.94. The van der Waals surface area contributed by atoms with Crippen LogP contribution in [0.3, 0.4) is 0 Å². The maximum atomic E-state index is 12.9. The summed E-state index contributed by atoms with van der Waals surface area (Å²) in [6, 6.07) is 10.2. The third kappa shape index (κ3) is 3.14. The molecule has 2 aliphatic heterocycles. The monoisotopic (exact) mass is 358 g/mol. The summed E-state index contributed by atoms with van der Waals surface area (Å²) in [5, 5.41) is 0.622. The summed E-state index contributed by atoms with van der Waals surface area (Å²) in [5.74, 6) is 0. The van der Waals surface area contributed by atoms with E-state index in [0.717, 1.165) is 56.8 Å². The first kappa shape index (κ1) is 16.8. The van der Waals surface area contributed by atoms with E-state index in [1.165, 1.54) is 5.56 Å². The van der Waals surface area contributed by atoms with E-state index in [1.54, 1.807) is 0 Å². The molecule has 0 bridgehead atoms. The molecule has 1 aromatic heterocycles. The van der Waals surface area contributed by atoms with Crippen LogP contribution in [-0.4, -0.2) is 35.3 Å². The largest absolute Gasteiger partial charge is 0.381 e. The highest BCUT2D eigenvalue weighted by molar-refractivity contribution is 6.33. The molecular formula is C20H23ClN2O2. The highest BCUT2D eigenvalue weighted by atomic mass is 35.5. The molecule has 1 fully saturated rings. The lowest BCUT2D eigenvalue weighted by atomic mass is 9.97. The minimum atomic E-state index is 0.0337. The molecule has 0 radical (unpaired) electrons. The maximum absolute atomic E-state index is 12.9. The first-order chi connectivity index (χ1) is 12.1. The number of halogens is 1. The molecule has 0 spiro atoms. The summed E-state index contributed by atoms with van der Waals surface area (Å²) in [4.78, 5) is 15.4. The van der Waals surface area contributed by atoms with Crippen LogP contribution in [0.25, 0.3) is 11.1 Å². The molecule has 1 saturated heterocycles. The Balaban J connectivity index is 1.72. The second kappa shape index (κ2) is 6.94. The van der Waals surface area contributed by atoms with E-state index >= 15 is 0 Å². The molecule has 0 atom stereocenters. The van der Waals surface area contributed by atoms with Crippen molar-refractivity contribution < 1.29 is 4.74 Å². The van der Waals surface area contributed by atoms with E-state index < -0.39 is 0 Å². The Bertz CT molecular complexity index is 840. The highest BCUT2D eigenvalue weighted by Gasteiger charge is 2.27. The Kier molecular flexibility index (Phi) is 4.67. The molecule has 5 heteroatoms. The number of hydrogen-bond donors (Lipinski definition) is 0. The fraction of sp³-hybridized carbons (Fsp3) is 0.450. The molecule has 4 nitrogen and oxygen atoms in total. The fourth-order valence-electron chi connectivity index (χ4n) is 4.09. The van der Waals surface area contributed by atoms with Gasteiger partial charge in [-0.3, -0.25) is 9.69 Å². The highest BCUT2D eigenvalue weighted by Crippen LogP contribution is 2.29. The molecule has 132 valence electrons. The van der Waals surface area contributed by atoms with Gasteiger partial charge in [-0.15, -0.1) is 0 Å². The van der Waals surface area contributed by atoms with Gasteiger partial charge in [0, 0.05) is 67.7 Å². The van der Waals surface area contributed by atoms with Crippen molar-refractivity contribution in [3.05, 3.63) is 57.0 Å². The van der Waals surface area contributed by atoms with Crippen molar-refractivity contribution in [2.24, 2.45) is 7.05 Å². The van der Waals surface area contributed by atoms with Crippen molar-refractivity contribution in [3.8, 4) is 11.1 Å². The van der Waals surface area contributed by atoms with Gasteiger partial charge < -0.3 is 9.30 Å². The van der Waals surface area contributed by atoms with Gasteiger partial charge >= 0.3 is 0 Å². The molecule has 0 saturated carbocycles. The maximum Gasteiger partial charge on any atom is 0.258 e. The van der Waals surface area contributed by atoms with Crippen molar-refractivity contribution in [2.45, 2.75) is 31.8 Å². The van der Waals surface area contributed by atoms with Gasteiger partial charge in [-0.1, -0.05) is 29.8 Å². The van der Waals surface area contributed by atoms with Crippen molar-refractivity contribution in [1.82, 2.24) is 9.47 Å². The zero-order valence-corrected chi connectivity index (χ0v) is 15.3. The third-order valence-corrected chi connectivity index (χ3v) is 5.84. The fourth-order valence-corrected chi connectivity index (χ4v) is 4.32. The van der Waals surface area contributed by atoms with Gasteiger partial charge in [0.1, 0.15) is 0 Å². The van der Waals surface area contributed by atoms with Crippen molar-refractivity contribution in [3.63, 3.8) is 0 Å². The normalized spacial score (nSPS) is 19.0. The van der Waals surface area contributed by atoms with Crippen LogP contribution in [-0.2, 0) is 24.8 Å². The zero-order chi connectivity index (χ0) is 17.4. The molecular weight excluding hydrogens is 336 g/mol. The molecule has 4 rings (SSSR count). The standard InChI is InChI=1S/C20H23ClN2O2/c1-22-19-6-9-23(15-7-10-25-11-8-15)13-14(19)12-17(20(22)24)16-4-2-3-5-18(16)21/h2-5,12,15H,6-11,13H2,1H3. The quantitative estimate of drug-likeness (QED) is 0.826. The van der Waals surface area contributed by atoms with Crippen molar-refractivity contribution in [2.75, 3.05) is 19.8 Å². The summed E-state index contributed by atoms with van der Waals surface area (Å²) < 4.78 is 7.31. The van der Waals surface area contributed by atoms with Crippen molar-refractivity contribution >= 4 is 11.6 Å². The smallest absolute Gasteiger partial charge is 0.258 e. The minimum Gasteiger partial charge on any atom is -0.381 e. The molecule has 1 aromatic carbocycles. The first-order valence-electron chi connectivity index (χ1n) is 8.93. The van der Waals surface area contributed by atoms with Crippen LogP contribution >= 0.6 is 11.6 Å². The second-order valence-corrected chi connectivity index (χ2v) is 7.35. The predicted octanol–water partition coefficient (Wildman–Crippen LogP) is 3.24. The SMILES string of the molecule is Cn1c2c(cc(-c3ccccc3Cl)c1=O)CN(C1CCOCC1)CC2. The van der Waals surface area contributed by atoms with Gasteiger partial charge in [0.05, 0.1) is 0 Å². The summed E-state index contributed by atoms with van der Waals surface area (Å²) in [7, 11) is 1.88. The predicted molar refractivity (Wildman–Crippen MR) is 100 cm³/mol. The molecule has 2 aliphatic rings. The number of pyridine rings is 1. The summed E-state index contributed by atoms with van der Waals surface area (Å²) in [6.07, 6.45) is 3.11. The van der Waals surface area contributed by atoms with E-state index in [2.05, 4.69) is 11.0 Å². The van der Waals surface area contributed by atoms with E-state index in [1.807, 2.05) is 35.9 Å². The molecule has 3 heterocycles. The average molecular weight is 359 g/mol. The van der Waals surface area contributed by atoms with E-state index in [0.29, 0.717) is 16.6 Å². The Morgan fingerprint density at radius 2 is 1.92 bits per heavy atom. The Morgan fingerprint density at radius 1 is 1.16 bits per heavy atom. The van der Waals surface area contributed by atoms with Crippen LogP contribution in [0.5, 0.6) is 0 Å². The molecule has 0 unspecified atom stereocenters. The van der Waals surface area contributed by atoms with Gasteiger partial charge in [0.2, 0.25) is 0 Å². The van der Waals surface area contributed by atoms with Crippen LogP contribution in [0.2, 0.25) is 5.02 Å². The summed E-state index contributed by atoms with van der Waals surface area (Å²) in [5.41, 5.74) is 3.95. The van der Waals surface area contributed by atoms with Gasteiger partial charge in [-0.05, 0) is 30.5 Å². The van der Waals surface area contributed by atoms with E-state index in [4.69, 9.17) is 16.3 Å². The first-order valence-corrected chi connectivity index (χ1v) is 9.31. The summed E-state index contributed by atoms with van der Waals surface area (Å²) in [6.45, 7) is 3.61. The van der Waals surface area contributed by atoms with Crippen LogP contribution < -0.4 is 5.56 Å². The van der Waals surface area contributed by atoms with E-state index in [-0.39, 0.29) is 5.56 Å². The average Bonchev–Trinajstić information content (AvgIpc) is 2.65. The minimum absolute atomic E-state index is 0.0337. The number of rotatable bonds is 2. The van der Waals surface area contributed by atoms with Gasteiger partial charge in [0.15, 0.2) is 0 Å². The summed E-state index contributed by atoms with van der Waals surface area (Å²) >= 11 is 6.34. The van der Waals surface area contributed by atoms with Crippen molar-refractivity contribution in [1.29, 1.82) is 0 Å². The zero-order valence-electron chi connectivity index (χ0n) is 14.5. The Morgan fingerprint density at radius 3 is 2.68 bits per heavy atom. The van der Waals surface area contributed by atoms with Crippen LogP contribution in [0, 0.1) is 0 Å². The van der Waals surface area contributed by atoms with E-state index in [9.17, 15) is 4.79 Å². The van der Waals surface area contributed by atoms with Crippen LogP contribution in [0.4, 0.5) is 0 Å². The number of nitrogens with zero attached hydrogens (tertiary/aromatic N) is 2. The van der Waals surface area contributed by atoms with Gasteiger partial charge in [-0.2, -0.15) is 0 Å². The molecule has 2 aromatic rings. The number of hydrogen-bond acceptors (Lipinski definition) is 3. The third-order valence-electron chi connectivity index (χ3n) is 5.51. The number of benzene rings is 1. The van der Waals surface area contributed by atoms with Crippen LogP contribution in [0.1, 0.15) is 24.1 Å². The van der Waals surface area contributed by atoms with Gasteiger partial charge in [-0.25, -0.2) is 0 Å². The Hall–Kier alpha value is -1.62. The topological polar surface area (TPSA) is 34.5 Å². The molecule has 0 N–H and O–H groups in total. The van der Waals surface area contributed by atoms with Crippen LogP contribution in [0.15, 0.2) is 35.1 Å². The molecule has 0 amide bonds. The lowest BCUT2D eigenvalue weighted by Gasteiger charge is -2.38. The Labute approximate surface area is 153 Å². The number of aromatic nitrogens is 1. The lowest BCUT2D eigenvalue weighted by molar-refractivity contribution is 0.0286.